The molecule has 0 radical (unpaired) electrons. The Morgan fingerprint density at radius 1 is 1.56 bits per heavy atom. The van der Waals surface area contributed by atoms with Gasteiger partial charge in [0.15, 0.2) is 0 Å². The minimum absolute atomic E-state index is 0.0563. The van der Waals surface area contributed by atoms with Gasteiger partial charge >= 0.3 is 0 Å². The monoisotopic (exact) mass is 246 g/mol. The largest absolute Gasteiger partial charge is 0.508 e. The molecule has 0 bridgehead atoms. The van der Waals surface area contributed by atoms with Crippen molar-refractivity contribution in [3.05, 3.63) is 35.9 Å². The normalized spacial score (nSPS) is 19.3. The van der Waals surface area contributed by atoms with Crippen molar-refractivity contribution in [1.29, 1.82) is 0 Å². The number of nitrogens with zero attached hydrogens (tertiary/aromatic N) is 2. The van der Waals surface area contributed by atoms with Gasteiger partial charge in [0.2, 0.25) is 0 Å². The molecule has 94 valence electrons. The number of phenolic OH excluding ortho intramolecular Hbond substituents is 1. The fourth-order valence-corrected chi connectivity index (χ4v) is 2.14. The van der Waals surface area contributed by atoms with Crippen LogP contribution < -0.4 is 10.1 Å². The molecule has 2 aromatic rings. The number of fused-ring (bicyclic) bond motifs is 1. The first kappa shape index (κ1) is 11.0. The van der Waals surface area contributed by atoms with Crippen LogP contribution in [0.25, 0.3) is 0 Å². The zero-order chi connectivity index (χ0) is 12.5. The van der Waals surface area contributed by atoms with Crippen LogP contribution in [-0.4, -0.2) is 26.9 Å². The van der Waals surface area contributed by atoms with Crippen LogP contribution >= 0.6 is 0 Å². The van der Waals surface area contributed by atoms with E-state index in [1.807, 2.05) is 13.0 Å². The van der Waals surface area contributed by atoms with Crippen LogP contribution in [0.4, 0.5) is 0 Å². The number of nitrogens with one attached hydrogen (secondary N) is 2. The first-order valence-electron chi connectivity index (χ1n) is 5.81. The quantitative estimate of drug-likeness (QED) is 0.760. The van der Waals surface area contributed by atoms with Gasteiger partial charge < -0.3 is 9.84 Å². The van der Waals surface area contributed by atoms with Crippen LogP contribution in [0.1, 0.15) is 30.4 Å². The summed E-state index contributed by atoms with van der Waals surface area (Å²) in [5.74, 6) is 1.75. The molecule has 0 fully saturated rings. The molecule has 18 heavy (non-hydrogen) atoms. The number of aromatic nitrogens is 3. The Balaban J connectivity index is 1.77. The van der Waals surface area contributed by atoms with E-state index in [1.165, 1.54) is 6.33 Å². The second-order valence-corrected chi connectivity index (χ2v) is 4.34. The number of ether oxygens (including phenoxy) is 1. The summed E-state index contributed by atoms with van der Waals surface area (Å²) in [4.78, 5) is 4.12. The van der Waals surface area contributed by atoms with Crippen molar-refractivity contribution in [2.24, 2.45) is 0 Å². The average molecular weight is 246 g/mol. The van der Waals surface area contributed by atoms with Gasteiger partial charge in [-0.1, -0.05) is 0 Å². The second-order valence-electron chi connectivity index (χ2n) is 4.34. The zero-order valence-corrected chi connectivity index (χ0v) is 9.92. The van der Waals surface area contributed by atoms with Gasteiger partial charge in [-0.2, -0.15) is 5.10 Å². The Morgan fingerprint density at radius 3 is 3.22 bits per heavy atom. The Morgan fingerprint density at radius 2 is 2.44 bits per heavy atom. The molecule has 0 amide bonds. The van der Waals surface area contributed by atoms with Crippen molar-refractivity contribution < 1.29 is 9.84 Å². The minimum atomic E-state index is 0.0563. The number of phenols is 1. The average Bonchev–Trinajstić information content (AvgIpc) is 2.98. The van der Waals surface area contributed by atoms with Gasteiger partial charge in [0.25, 0.3) is 0 Å². The van der Waals surface area contributed by atoms with Crippen LogP contribution in [0.2, 0.25) is 0 Å². The number of rotatable bonds is 3. The van der Waals surface area contributed by atoms with Gasteiger partial charge in [-0.25, -0.2) is 4.98 Å². The molecule has 1 aliphatic heterocycles. The standard InChI is InChI=1S/C12H14N4O2/c1-7(12-13-6-14-16-12)15-10-5-18-11-4-8(17)2-3-9(10)11/h2-4,6-7,10,15,17H,5H2,1H3,(H,13,14,16). The first-order chi connectivity index (χ1) is 8.74. The number of benzene rings is 1. The molecule has 2 heterocycles. The molecule has 1 aromatic carbocycles. The summed E-state index contributed by atoms with van der Waals surface area (Å²) in [7, 11) is 0. The van der Waals surface area contributed by atoms with Gasteiger partial charge in [-0.3, -0.25) is 10.4 Å². The molecule has 1 aliphatic rings. The van der Waals surface area contributed by atoms with E-state index in [2.05, 4.69) is 20.5 Å². The number of hydrogen-bond donors (Lipinski definition) is 3. The van der Waals surface area contributed by atoms with Gasteiger partial charge in [0, 0.05) is 11.6 Å². The predicted octanol–water partition coefficient (Wildman–Crippen LogP) is 1.29. The van der Waals surface area contributed by atoms with Crippen LogP contribution in [0.15, 0.2) is 24.5 Å². The molecule has 6 nitrogen and oxygen atoms in total. The Bertz CT molecular complexity index is 541. The van der Waals surface area contributed by atoms with E-state index in [-0.39, 0.29) is 17.8 Å². The molecule has 1 aromatic heterocycles. The van der Waals surface area contributed by atoms with Gasteiger partial charge in [-0.15, -0.1) is 0 Å². The third kappa shape index (κ3) is 1.91. The molecule has 6 heteroatoms. The number of hydrogen-bond acceptors (Lipinski definition) is 5. The summed E-state index contributed by atoms with van der Waals surface area (Å²) in [5, 5.41) is 19.5. The van der Waals surface area contributed by atoms with E-state index in [1.54, 1.807) is 12.1 Å². The van der Waals surface area contributed by atoms with Crippen LogP contribution in [-0.2, 0) is 0 Å². The van der Waals surface area contributed by atoms with Crippen LogP contribution in [0.3, 0.4) is 0 Å². The zero-order valence-electron chi connectivity index (χ0n) is 9.92. The van der Waals surface area contributed by atoms with Crippen LogP contribution in [0.5, 0.6) is 11.5 Å². The Hall–Kier alpha value is -2.08. The maximum atomic E-state index is 9.39. The van der Waals surface area contributed by atoms with Crippen molar-refractivity contribution in [3.63, 3.8) is 0 Å². The smallest absolute Gasteiger partial charge is 0.141 e. The van der Waals surface area contributed by atoms with E-state index in [0.29, 0.717) is 6.61 Å². The maximum Gasteiger partial charge on any atom is 0.141 e. The summed E-state index contributed by atoms with van der Waals surface area (Å²) in [5.41, 5.74) is 1.05. The summed E-state index contributed by atoms with van der Waals surface area (Å²) < 4.78 is 5.54. The minimum Gasteiger partial charge on any atom is -0.508 e. The van der Waals surface area contributed by atoms with Gasteiger partial charge in [-0.05, 0) is 19.1 Å². The Labute approximate surface area is 104 Å². The molecule has 2 atom stereocenters. The molecular formula is C12H14N4O2. The van der Waals surface area contributed by atoms with Crippen molar-refractivity contribution in [3.8, 4) is 11.5 Å². The van der Waals surface area contributed by atoms with Crippen molar-refractivity contribution in [1.82, 2.24) is 20.5 Å². The molecule has 0 spiro atoms. The summed E-state index contributed by atoms with van der Waals surface area (Å²) in [6.07, 6.45) is 1.49. The maximum absolute atomic E-state index is 9.39. The molecule has 3 N–H and O–H groups in total. The fourth-order valence-electron chi connectivity index (χ4n) is 2.14. The van der Waals surface area contributed by atoms with Crippen molar-refractivity contribution in [2.75, 3.05) is 6.61 Å². The van der Waals surface area contributed by atoms with E-state index in [0.717, 1.165) is 17.1 Å². The lowest BCUT2D eigenvalue weighted by molar-refractivity contribution is 0.298. The third-order valence-corrected chi connectivity index (χ3v) is 3.07. The second kappa shape index (κ2) is 4.30. The fraction of sp³-hybridized carbons (Fsp3) is 0.333. The third-order valence-electron chi connectivity index (χ3n) is 3.07. The highest BCUT2D eigenvalue weighted by Crippen LogP contribution is 2.35. The van der Waals surface area contributed by atoms with Gasteiger partial charge in [0.1, 0.15) is 30.3 Å². The van der Waals surface area contributed by atoms with E-state index < -0.39 is 0 Å². The molecule has 0 saturated heterocycles. The highest BCUT2D eigenvalue weighted by Gasteiger charge is 2.26. The number of H-pyrrole nitrogens is 1. The van der Waals surface area contributed by atoms with E-state index >= 15 is 0 Å². The van der Waals surface area contributed by atoms with Crippen molar-refractivity contribution in [2.45, 2.75) is 19.0 Å². The van der Waals surface area contributed by atoms with Crippen LogP contribution in [0, 0.1) is 0 Å². The highest BCUT2D eigenvalue weighted by molar-refractivity contribution is 5.44. The molecule has 0 saturated carbocycles. The summed E-state index contributed by atoms with van der Waals surface area (Å²) in [6, 6.07) is 5.33. The van der Waals surface area contributed by atoms with E-state index in [9.17, 15) is 5.11 Å². The lowest BCUT2D eigenvalue weighted by Crippen LogP contribution is -2.26. The topological polar surface area (TPSA) is 83.1 Å². The Kier molecular flexibility index (Phi) is 2.64. The SMILES string of the molecule is CC(NC1COc2cc(O)ccc21)c1ncn[nH]1. The molecule has 3 rings (SSSR count). The predicted molar refractivity (Wildman–Crippen MR) is 64.3 cm³/mol. The highest BCUT2D eigenvalue weighted by atomic mass is 16.5. The number of aromatic hydroxyl groups is 1. The first-order valence-corrected chi connectivity index (χ1v) is 5.81. The van der Waals surface area contributed by atoms with Crippen molar-refractivity contribution >= 4 is 0 Å². The molecule has 2 unspecified atom stereocenters. The lowest BCUT2D eigenvalue weighted by atomic mass is 10.1. The lowest BCUT2D eigenvalue weighted by Gasteiger charge is -2.16. The van der Waals surface area contributed by atoms with Gasteiger partial charge in [0.05, 0.1) is 12.1 Å². The van der Waals surface area contributed by atoms with E-state index in [4.69, 9.17) is 4.74 Å². The molecule has 0 aliphatic carbocycles. The summed E-state index contributed by atoms with van der Waals surface area (Å²) in [6.45, 7) is 2.57. The number of aromatic amines is 1. The molecular weight excluding hydrogens is 232 g/mol. The summed E-state index contributed by atoms with van der Waals surface area (Å²) >= 11 is 0.